The normalized spacial score (nSPS) is 17.3. The molecule has 0 unspecified atom stereocenters. The van der Waals surface area contributed by atoms with Crippen molar-refractivity contribution in [2.45, 2.75) is 30.0 Å². The molecule has 0 aliphatic heterocycles. The van der Waals surface area contributed by atoms with Gasteiger partial charge in [0.1, 0.15) is 5.75 Å². The lowest BCUT2D eigenvalue weighted by molar-refractivity contribution is 0.442. The highest BCUT2D eigenvalue weighted by Crippen LogP contribution is 2.38. The molecular formula is C9H13NO3S2. The Morgan fingerprint density at radius 2 is 2.13 bits per heavy atom. The lowest BCUT2D eigenvalue weighted by atomic mass is 10.4. The second kappa shape index (κ2) is 3.47. The maximum Gasteiger partial charge on any atom is 0.256 e. The van der Waals surface area contributed by atoms with E-state index in [1.807, 2.05) is 0 Å². The first kappa shape index (κ1) is 10.9. The first-order valence-corrected chi connectivity index (χ1v) is 7.01. The van der Waals surface area contributed by atoms with E-state index in [0.29, 0.717) is 5.56 Å². The van der Waals surface area contributed by atoms with Crippen molar-refractivity contribution in [2.75, 3.05) is 7.05 Å². The van der Waals surface area contributed by atoms with Gasteiger partial charge in [-0.2, -0.15) is 4.31 Å². The Hall–Kier alpha value is -0.590. The molecule has 0 saturated heterocycles. The van der Waals surface area contributed by atoms with Crippen LogP contribution in [0.25, 0.3) is 0 Å². The predicted molar refractivity (Wildman–Crippen MR) is 58.7 cm³/mol. The van der Waals surface area contributed by atoms with Gasteiger partial charge in [0.25, 0.3) is 10.0 Å². The summed E-state index contributed by atoms with van der Waals surface area (Å²) in [5.41, 5.74) is 0.614. The number of rotatable bonds is 3. The van der Waals surface area contributed by atoms with E-state index in [9.17, 15) is 13.5 Å². The maximum absolute atomic E-state index is 12.0. The van der Waals surface area contributed by atoms with Gasteiger partial charge < -0.3 is 5.11 Å². The van der Waals surface area contributed by atoms with E-state index in [-0.39, 0.29) is 16.0 Å². The van der Waals surface area contributed by atoms with E-state index >= 15 is 0 Å². The predicted octanol–water partition coefficient (Wildman–Crippen LogP) is 1.55. The third-order valence-electron chi connectivity index (χ3n) is 2.58. The lowest BCUT2D eigenvalue weighted by Gasteiger charge is -2.14. The van der Waals surface area contributed by atoms with Gasteiger partial charge in [0.2, 0.25) is 0 Å². The summed E-state index contributed by atoms with van der Waals surface area (Å²) in [6.07, 6.45) is 1.84. The molecule has 6 heteroatoms. The Morgan fingerprint density at radius 3 is 2.53 bits per heavy atom. The molecule has 1 aliphatic rings. The van der Waals surface area contributed by atoms with Gasteiger partial charge in [-0.25, -0.2) is 8.42 Å². The number of aromatic hydroxyl groups is 1. The van der Waals surface area contributed by atoms with Gasteiger partial charge in [0.05, 0.1) is 0 Å². The quantitative estimate of drug-likeness (QED) is 0.881. The Bertz CT molecular complexity index is 474. The fourth-order valence-electron chi connectivity index (χ4n) is 1.36. The number of aryl methyl sites for hydroxylation is 1. The molecule has 1 aromatic rings. The standard InChI is InChI=1S/C9H13NO3S2/c1-6-5-14-9(8(6)11)15(12,13)10(2)7-3-4-7/h5,7,11H,3-4H2,1-2H3. The molecule has 0 bridgehead atoms. The fourth-order valence-corrected chi connectivity index (χ4v) is 4.28. The van der Waals surface area contributed by atoms with Gasteiger partial charge in [0.15, 0.2) is 4.21 Å². The molecule has 0 spiro atoms. The summed E-state index contributed by atoms with van der Waals surface area (Å²) in [6, 6.07) is 0.122. The molecule has 1 fully saturated rings. The van der Waals surface area contributed by atoms with E-state index in [2.05, 4.69) is 0 Å². The van der Waals surface area contributed by atoms with Gasteiger partial charge in [-0.1, -0.05) is 0 Å². The number of nitrogens with zero attached hydrogens (tertiary/aromatic N) is 1. The Kier molecular flexibility index (Phi) is 2.52. The van der Waals surface area contributed by atoms with Crippen LogP contribution < -0.4 is 0 Å². The highest BCUT2D eigenvalue weighted by molar-refractivity contribution is 7.91. The molecule has 2 rings (SSSR count). The number of hydrogen-bond acceptors (Lipinski definition) is 4. The van der Waals surface area contributed by atoms with Crippen LogP contribution in [0.2, 0.25) is 0 Å². The monoisotopic (exact) mass is 247 g/mol. The molecule has 1 N–H and O–H groups in total. The smallest absolute Gasteiger partial charge is 0.256 e. The van der Waals surface area contributed by atoms with Crippen LogP contribution in [-0.4, -0.2) is 30.9 Å². The van der Waals surface area contributed by atoms with Crippen LogP contribution in [0.4, 0.5) is 0 Å². The number of hydrogen-bond donors (Lipinski definition) is 1. The summed E-state index contributed by atoms with van der Waals surface area (Å²) in [7, 11) is -1.91. The summed E-state index contributed by atoms with van der Waals surface area (Å²) in [5, 5.41) is 11.3. The van der Waals surface area contributed by atoms with Gasteiger partial charge in [-0.05, 0) is 25.1 Å². The zero-order valence-electron chi connectivity index (χ0n) is 8.60. The van der Waals surface area contributed by atoms with E-state index in [4.69, 9.17) is 0 Å². The van der Waals surface area contributed by atoms with Crippen LogP contribution in [0.15, 0.2) is 9.59 Å². The highest BCUT2D eigenvalue weighted by atomic mass is 32.2. The highest BCUT2D eigenvalue weighted by Gasteiger charge is 2.37. The third kappa shape index (κ3) is 1.77. The van der Waals surface area contributed by atoms with Crippen molar-refractivity contribution in [1.29, 1.82) is 0 Å². The molecule has 15 heavy (non-hydrogen) atoms. The van der Waals surface area contributed by atoms with E-state index in [1.54, 1.807) is 19.4 Å². The van der Waals surface area contributed by atoms with Crippen LogP contribution >= 0.6 is 11.3 Å². The summed E-state index contributed by atoms with van der Waals surface area (Å²) in [4.78, 5) is 0. The molecule has 0 aromatic carbocycles. The number of sulfonamides is 1. The average Bonchev–Trinajstić information content (AvgIpc) is 2.94. The zero-order chi connectivity index (χ0) is 11.2. The molecule has 0 atom stereocenters. The first-order valence-electron chi connectivity index (χ1n) is 4.69. The minimum atomic E-state index is -3.48. The molecule has 4 nitrogen and oxygen atoms in total. The van der Waals surface area contributed by atoms with Gasteiger partial charge in [0, 0.05) is 18.7 Å². The largest absolute Gasteiger partial charge is 0.505 e. The van der Waals surface area contributed by atoms with Crippen LogP contribution in [0.3, 0.4) is 0 Å². The topological polar surface area (TPSA) is 57.6 Å². The zero-order valence-corrected chi connectivity index (χ0v) is 10.2. The molecular weight excluding hydrogens is 234 g/mol. The van der Waals surface area contributed by atoms with Crippen molar-refractivity contribution in [1.82, 2.24) is 4.31 Å². The number of thiophene rings is 1. The minimum Gasteiger partial charge on any atom is -0.505 e. The third-order valence-corrected chi connectivity index (χ3v) is 6.10. The maximum atomic E-state index is 12.0. The van der Waals surface area contributed by atoms with Crippen molar-refractivity contribution >= 4 is 21.4 Å². The van der Waals surface area contributed by atoms with Gasteiger partial charge in [-0.15, -0.1) is 11.3 Å². The van der Waals surface area contributed by atoms with Crippen molar-refractivity contribution in [3.63, 3.8) is 0 Å². The Labute approximate surface area is 93.2 Å². The minimum absolute atomic E-state index is 0.0643. The van der Waals surface area contributed by atoms with E-state index in [0.717, 1.165) is 24.2 Å². The van der Waals surface area contributed by atoms with Crippen LogP contribution in [0.1, 0.15) is 18.4 Å². The second-order valence-corrected chi connectivity index (χ2v) is 6.88. The van der Waals surface area contributed by atoms with Crippen LogP contribution in [0, 0.1) is 6.92 Å². The van der Waals surface area contributed by atoms with Crippen molar-refractivity contribution in [3.8, 4) is 5.75 Å². The molecule has 84 valence electrons. The molecule has 0 radical (unpaired) electrons. The van der Waals surface area contributed by atoms with Crippen molar-refractivity contribution in [2.24, 2.45) is 0 Å². The molecule has 1 aromatic heterocycles. The summed E-state index contributed by atoms with van der Waals surface area (Å²) < 4.78 is 25.5. The Morgan fingerprint density at radius 1 is 1.53 bits per heavy atom. The van der Waals surface area contributed by atoms with E-state index in [1.165, 1.54) is 4.31 Å². The van der Waals surface area contributed by atoms with Crippen molar-refractivity contribution in [3.05, 3.63) is 10.9 Å². The summed E-state index contributed by atoms with van der Waals surface area (Å²) in [5.74, 6) is -0.104. The summed E-state index contributed by atoms with van der Waals surface area (Å²) in [6.45, 7) is 1.70. The van der Waals surface area contributed by atoms with Crippen molar-refractivity contribution < 1.29 is 13.5 Å². The second-order valence-electron chi connectivity index (χ2n) is 3.81. The van der Waals surface area contributed by atoms with E-state index < -0.39 is 10.0 Å². The average molecular weight is 247 g/mol. The van der Waals surface area contributed by atoms with Crippen LogP contribution in [-0.2, 0) is 10.0 Å². The molecule has 1 saturated carbocycles. The van der Waals surface area contributed by atoms with Gasteiger partial charge in [-0.3, -0.25) is 0 Å². The lowest BCUT2D eigenvalue weighted by Crippen LogP contribution is -2.28. The molecule has 0 amide bonds. The Balaban J connectivity index is 2.40. The van der Waals surface area contributed by atoms with Gasteiger partial charge >= 0.3 is 0 Å². The first-order chi connectivity index (χ1) is 6.94. The molecule has 1 heterocycles. The van der Waals surface area contributed by atoms with Crippen LogP contribution in [0.5, 0.6) is 5.75 Å². The summed E-state index contributed by atoms with van der Waals surface area (Å²) >= 11 is 1.08. The SMILES string of the molecule is Cc1csc(S(=O)(=O)N(C)C2CC2)c1O. The molecule has 1 aliphatic carbocycles. The fraction of sp³-hybridized carbons (Fsp3) is 0.556.